The molecule has 3 aromatic carbocycles. The molecule has 1 aliphatic heterocycles. The first-order valence-electron chi connectivity index (χ1n) is 11.7. The van der Waals surface area contributed by atoms with E-state index in [1.807, 2.05) is 11.8 Å². The van der Waals surface area contributed by atoms with E-state index in [9.17, 15) is 0 Å². The van der Waals surface area contributed by atoms with Crippen molar-refractivity contribution in [3.05, 3.63) is 101 Å². The molecule has 0 saturated carbocycles. The lowest BCUT2D eigenvalue weighted by Crippen LogP contribution is -2.11. The van der Waals surface area contributed by atoms with Crippen LogP contribution in [0.1, 0.15) is 61.8 Å². The van der Waals surface area contributed by atoms with Gasteiger partial charge < -0.3 is 0 Å². The summed E-state index contributed by atoms with van der Waals surface area (Å²) in [6.07, 6.45) is 9.62. The summed E-state index contributed by atoms with van der Waals surface area (Å²) in [6, 6.07) is 20.2. The second-order valence-corrected chi connectivity index (χ2v) is 10.9. The van der Waals surface area contributed by atoms with Crippen molar-refractivity contribution in [1.82, 2.24) is 0 Å². The van der Waals surface area contributed by atoms with Gasteiger partial charge in [0.05, 0.1) is 0 Å². The quantitative estimate of drug-likeness (QED) is 0.397. The summed E-state index contributed by atoms with van der Waals surface area (Å²) >= 11 is 2.00. The molecule has 2 aliphatic carbocycles. The van der Waals surface area contributed by atoms with Crippen LogP contribution in [0.4, 0.5) is 0 Å². The van der Waals surface area contributed by atoms with Gasteiger partial charge in [0.15, 0.2) is 0 Å². The molecule has 0 N–H and O–H groups in total. The molecule has 0 fully saturated rings. The fourth-order valence-electron chi connectivity index (χ4n) is 5.23. The molecular formula is C30H32S. The normalized spacial score (nSPS) is 20.5. The molecule has 0 saturated heterocycles. The topological polar surface area (TPSA) is 0 Å². The van der Waals surface area contributed by atoms with Gasteiger partial charge in [0, 0.05) is 16.1 Å². The Bertz CT molecular complexity index is 1170. The van der Waals surface area contributed by atoms with Crippen molar-refractivity contribution >= 4 is 22.5 Å². The Balaban J connectivity index is 0.000000132. The molecule has 3 aromatic rings. The fraction of sp³-hybridized carbons (Fsp3) is 0.333. The number of hydrogen-bond acceptors (Lipinski definition) is 1. The average Bonchev–Trinajstić information content (AvgIpc) is 3.36. The highest BCUT2D eigenvalue weighted by atomic mass is 32.2. The van der Waals surface area contributed by atoms with E-state index in [1.54, 1.807) is 16.5 Å². The van der Waals surface area contributed by atoms with Gasteiger partial charge >= 0.3 is 0 Å². The first-order valence-corrected chi connectivity index (χ1v) is 12.6. The second kappa shape index (κ2) is 8.36. The van der Waals surface area contributed by atoms with Gasteiger partial charge in [-0.1, -0.05) is 94.5 Å². The van der Waals surface area contributed by atoms with Gasteiger partial charge in [-0.25, -0.2) is 0 Å². The molecule has 0 aromatic heterocycles. The average molecular weight is 425 g/mol. The molecule has 6 rings (SSSR count). The first kappa shape index (κ1) is 20.6. The predicted molar refractivity (Wildman–Crippen MR) is 136 cm³/mol. The summed E-state index contributed by atoms with van der Waals surface area (Å²) in [5.74, 6) is 1.86. The van der Waals surface area contributed by atoms with E-state index in [4.69, 9.17) is 0 Å². The van der Waals surface area contributed by atoms with Crippen LogP contribution in [0.15, 0.2) is 83.3 Å². The minimum absolute atomic E-state index is 0.601. The third-order valence-electron chi connectivity index (χ3n) is 6.94. The number of hydrogen-bond donors (Lipinski definition) is 0. The van der Waals surface area contributed by atoms with Crippen LogP contribution in [0.5, 0.6) is 0 Å². The smallest absolute Gasteiger partial charge is 0.0381 e. The van der Waals surface area contributed by atoms with Crippen LogP contribution in [-0.2, 0) is 12.8 Å². The van der Waals surface area contributed by atoms with Crippen molar-refractivity contribution in [1.29, 1.82) is 0 Å². The van der Waals surface area contributed by atoms with Gasteiger partial charge in [-0.2, -0.15) is 0 Å². The zero-order chi connectivity index (χ0) is 21.5. The summed E-state index contributed by atoms with van der Waals surface area (Å²) < 4.78 is 0. The largest absolute Gasteiger partial charge is 0.117 e. The SMILES string of the molecule is CC(C)C1=CC2c3ccccc3SC2C=C1.CC(C)c1ccc2c3c(cccc13)CC2. The molecule has 0 radical (unpaired) electrons. The molecule has 0 bridgehead atoms. The number of rotatable bonds is 2. The predicted octanol–water partition coefficient (Wildman–Crippen LogP) is 8.46. The molecule has 0 spiro atoms. The molecule has 0 amide bonds. The summed E-state index contributed by atoms with van der Waals surface area (Å²) in [5.41, 5.74) is 7.59. The minimum atomic E-state index is 0.601. The standard InChI is InChI=1S/C15H16S.C15H16/c1-10(2)11-7-8-15-13(9-11)12-5-3-4-6-14(12)16-15;1-10(2)13-9-8-12-7-6-11-4-3-5-14(13)15(11)12/h3-10,13,15H,1-2H3;3-5,8-10H,6-7H2,1-2H3. The third kappa shape index (κ3) is 3.78. The third-order valence-corrected chi connectivity index (χ3v) is 8.29. The van der Waals surface area contributed by atoms with Crippen molar-refractivity contribution < 1.29 is 0 Å². The zero-order valence-electron chi connectivity index (χ0n) is 19.1. The molecule has 2 atom stereocenters. The van der Waals surface area contributed by atoms with E-state index >= 15 is 0 Å². The van der Waals surface area contributed by atoms with Crippen LogP contribution >= 0.6 is 11.8 Å². The molecule has 1 heterocycles. The highest BCUT2D eigenvalue weighted by Crippen LogP contribution is 2.49. The highest BCUT2D eigenvalue weighted by molar-refractivity contribution is 8.00. The summed E-state index contributed by atoms with van der Waals surface area (Å²) in [6.45, 7) is 9.09. The lowest BCUT2D eigenvalue weighted by molar-refractivity contribution is 0.754. The highest BCUT2D eigenvalue weighted by Gasteiger charge is 2.32. The van der Waals surface area contributed by atoms with E-state index < -0.39 is 0 Å². The van der Waals surface area contributed by atoms with E-state index in [2.05, 4.69) is 101 Å². The van der Waals surface area contributed by atoms with Crippen LogP contribution in [0, 0.1) is 5.92 Å². The van der Waals surface area contributed by atoms with Gasteiger partial charge in [0.2, 0.25) is 0 Å². The Morgan fingerprint density at radius 1 is 0.806 bits per heavy atom. The summed E-state index contributed by atoms with van der Waals surface area (Å²) in [5, 5.41) is 3.65. The van der Waals surface area contributed by atoms with Crippen molar-refractivity contribution in [2.24, 2.45) is 5.92 Å². The molecule has 31 heavy (non-hydrogen) atoms. The Morgan fingerprint density at radius 2 is 1.58 bits per heavy atom. The van der Waals surface area contributed by atoms with Crippen LogP contribution in [0.2, 0.25) is 0 Å². The maximum Gasteiger partial charge on any atom is 0.0381 e. The monoisotopic (exact) mass is 424 g/mol. The number of aryl methyl sites for hydroxylation is 2. The summed E-state index contributed by atoms with van der Waals surface area (Å²) in [4.78, 5) is 1.46. The lowest BCUT2D eigenvalue weighted by Gasteiger charge is -2.20. The van der Waals surface area contributed by atoms with Gasteiger partial charge in [0.25, 0.3) is 0 Å². The van der Waals surface area contributed by atoms with Crippen LogP contribution in [-0.4, -0.2) is 5.25 Å². The Kier molecular flexibility index (Phi) is 5.56. The van der Waals surface area contributed by atoms with Crippen LogP contribution in [0.3, 0.4) is 0 Å². The Morgan fingerprint density at radius 3 is 2.35 bits per heavy atom. The van der Waals surface area contributed by atoms with E-state index in [0.717, 1.165) is 0 Å². The van der Waals surface area contributed by atoms with Gasteiger partial charge in [-0.15, -0.1) is 11.8 Å². The van der Waals surface area contributed by atoms with Gasteiger partial charge in [-0.3, -0.25) is 0 Å². The number of fused-ring (bicyclic) bond motifs is 3. The zero-order valence-corrected chi connectivity index (χ0v) is 19.9. The molecule has 2 unspecified atom stereocenters. The minimum Gasteiger partial charge on any atom is -0.117 e. The Labute approximate surface area is 191 Å². The van der Waals surface area contributed by atoms with Crippen LogP contribution < -0.4 is 0 Å². The molecule has 158 valence electrons. The van der Waals surface area contributed by atoms with Crippen molar-refractivity contribution in [3.63, 3.8) is 0 Å². The van der Waals surface area contributed by atoms with Gasteiger partial charge in [-0.05, 0) is 69.3 Å². The van der Waals surface area contributed by atoms with E-state index in [1.165, 1.54) is 39.8 Å². The van der Waals surface area contributed by atoms with E-state index in [0.29, 0.717) is 23.0 Å². The number of benzene rings is 3. The van der Waals surface area contributed by atoms with Gasteiger partial charge in [0.1, 0.15) is 0 Å². The molecular weight excluding hydrogens is 392 g/mol. The number of thioether (sulfide) groups is 1. The first-order chi connectivity index (χ1) is 15.0. The molecule has 3 aliphatic rings. The lowest BCUT2D eigenvalue weighted by atomic mass is 9.86. The second-order valence-electron chi connectivity index (χ2n) is 9.63. The van der Waals surface area contributed by atoms with Crippen molar-refractivity contribution in [2.45, 2.75) is 62.5 Å². The van der Waals surface area contributed by atoms with Crippen LogP contribution in [0.25, 0.3) is 10.8 Å². The van der Waals surface area contributed by atoms with E-state index in [-0.39, 0.29) is 0 Å². The van der Waals surface area contributed by atoms with Crippen molar-refractivity contribution in [2.75, 3.05) is 0 Å². The maximum absolute atomic E-state index is 2.47. The Hall–Kier alpha value is -2.25. The maximum atomic E-state index is 2.47. The van der Waals surface area contributed by atoms with Crippen molar-refractivity contribution in [3.8, 4) is 0 Å². The fourth-order valence-corrected chi connectivity index (χ4v) is 6.55. The summed E-state index contributed by atoms with van der Waals surface area (Å²) in [7, 11) is 0. The number of allylic oxidation sites excluding steroid dienone is 3. The molecule has 0 nitrogen and oxygen atoms in total. The molecule has 1 heteroatoms.